The van der Waals surface area contributed by atoms with Crippen molar-refractivity contribution in [3.63, 3.8) is 0 Å². The van der Waals surface area contributed by atoms with E-state index in [1.165, 1.54) is 18.3 Å². The molecular weight excluding hydrogens is 550 g/mol. The molecule has 0 radical (unpaired) electrons. The highest BCUT2D eigenvalue weighted by molar-refractivity contribution is 5.99. The number of hydrogen-bond donors (Lipinski definition) is 2. The molecule has 1 aromatic carbocycles. The summed E-state index contributed by atoms with van der Waals surface area (Å²) in [4.78, 5) is 8.20. The number of rotatable bonds is 7. The van der Waals surface area contributed by atoms with E-state index in [1.54, 1.807) is 29.9 Å². The van der Waals surface area contributed by atoms with Gasteiger partial charge in [-0.3, -0.25) is 4.98 Å². The first-order valence-corrected chi connectivity index (χ1v) is 13.0. The van der Waals surface area contributed by atoms with Gasteiger partial charge in [0.15, 0.2) is 0 Å². The summed E-state index contributed by atoms with van der Waals surface area (Å²) < 4.78 is 56.4. The van der Waals surface area contributed by atoms with Crippen molar-refractivity contribution in [2.24, 2.45) is 5.41 Å². The van der Waals surface area contributed by atoms with Crippen LogP contribution >= 0.6 is 0 Å². The van der Waals surface area contributed by atoms with Crippen LogP contribution in [-0.2, 0) is 5.54 Å². The Kier molecular flexibility index (Phi) is 7.83. The minimum Gasteiger partial charge on any atom is -0.382 e. The Morgan fingerprint density at radius 3 is 2.29 bits per heavy atom. The molecule has 0 saturated heterocycles. The Bertz CT molecular complexity index is 1720. The molecule has 3 heterocycles. The molecule has 0 unspecified atom stereocenters. The number of anilines is 2. The van der Waals surface area contributed by atoms with Gasteiger partial charge in [0.25, 0.3) is 0 Å². The van der Waals surface area contributed by atoms with E-state index in [4.69, 9.17) is 0 Å². The molecule has 1 atom stereocenters. The Balaban J connectivity index is 1.87. The molecule has 3 aromatic heterocycles. The first-order valence-electron chi connectivity index (χ1n) is 13.0. The summed E-state index contributed by atoms with van der Waals surface area (Å²) >= 11 is 0. The van der Waals surface area contributed by atoms with Crippen LogP contribution in [-0.4, -0.2) is 37.7 Å². The number of pyridine rings is 2. The van der Waals surface area contributed by atoms with Crippen LogP contribution in [0.15, 0.2) is 36.7 Å². The molecule has 0 spiro atoms. The first-order chi connectivity index (χ1) is 19.6. The topological polar surface area (TPSA) is 128 Å². The van der Waals surface area contributed by atoms with Gasteiger partial charge in [0.2, 0.25) is 5.95 Å². The number of alkyl halides is 3. The van der Waals surface area contributed by atoms with Crippen LogP contribution in [0.1, 0.15) is 68.7 Å². The van der Waals surface area contributed by atoms with E-state index in [0.717, 1.165) is 13.8 Å². The molecule has 4 aromatic rings. The van der Waals surface area contributed by atoms with Crippen molar-refractivity contribution < 1.29 is 17.6 Å². The lowest BCUT2D eigenvalue weighted by molar-refractivity contribution is -0.206. The summed E-state index contributed by atoms with van der Waals surface area (Å²) in [5.74, 6) is -0.654. The highest BCUT2D eigenvalue weighted by Crippen LogP contribution is 2.39. The van der Waals surface area contributed by atoms with Crippen molar-refractivity contribution in [2.45, 2.75) is 59.3 Å². The molecule has 13 heteroatoms. The van der Waals surface area contributed by atoms with Crippen molar-refractivity contribution in [2.75, 3.05) is 17.2 Å². The second-order valence-corrected chi connectivity index (χ2v) is 11.6. The van der Waals surface area contributed by atoms with Crippen LogP contribution < -0.4 is 10.6 Å². The van der Waals surface area contributed by atoms with E-state index >= 15 is 0 Å². The van der Waals surface area contributed by atoms with Crippen molar-refractivity contribution in [1.29, 1.82) is 10.5 Å². The number of benzene rings is 1. The number of aryl methyl sites for hydroxylation is 1. The molecule has 0 bridgehead atoms. The molecule has 218 valence electrons. The average molecular weight is 580 g/mol. The predicted molar refractivity (Wildman–Crippen MR) is 149 cm³/mol. The molecule has 0 aliphatic heterocycles. The molecule has 42 heavy (non-hydrogen) atoms. The number of halogens is 4. The van der Waals surface area contributed by atoms with Gasteiger partial charge in [0.05, 0.1) is 45.5 Å². The number of nitriles is 2. The lowest BCUT2D eigenvalue weighted by Gasteiger charge is -2.28. The Labute approximate surface area is 240 Å². The first kappa shape index (κ1) is 30.2. The van der Waals surface area contributed by atoms with Crippen LogP contribution in [0.25, 0.3) is 10.9 Å². The summed E-state index contributed by atoms with van der Waals surface area (Å²) in [5.41, 5.74) is -0.169. The molecule has 4 rings (SSSR count). The maximum atomic E-state index is 13.9. The predicted octanol–water partition coefficient (Wildman–Crippen LogP) is 6.37. The smallest absolute Gasteiger partial charge is 0.382 e. The normalized spacial score (nSPS) is 13.0. The average Bonchev–Trinajstić information content (AvgIpc) is 3.40. The summed E-state index contributed by atoms with van der Waals surface area (Å²) in [7, 11) is 0. The van der Waals surface area contributed by atoms with Crippen molar-refractivity contribution in [1.82, 2.24) is 25.0 Å². The van der Waals surface area contributed by atoms with E-state index in [1.807, 2.05) is 26.8 Å². The molecule has 2 N–H and O–H groups in total. The second-order valence-electron chi connectivity index (χ2n) is 11.6. The molecule has 0 saturated carbocycles. The number of nitrogens with zero attached hydrogens (tertiary/aromatic N) is 7. The molecular formula is C29H29F4N9. The zero-order valence-corrected chi connectivity index (χ0v) is 23.9. The van der Waals surface area contributed by atoms with Gasteiger partial charge in [-0.15, -0.1) is 5.10 Å². The standard InChI is InChI=1S/C29H29F4N9/c1-16-20(7-8-23(30)38-16)26(22-14-42(41-40-22)27(2,3)4)39-19-9-17(11-34)24-21(10-19)25(18(12-35)13-36-24)37-15-28(5,6)29(31,32)33/h7-10,13-14,26,39H,15H2,1-6H3,(H,36,37)/t26-/m0/s1. The van der Waals surface area contributed by atoms with Gasteiger partial charge >= 0.3 is 6.18 Å². The van der Waals surface area contributed by atoms with E-state index in [9.17, 15) is 28.1 Å². The van der Waals surface area contributed by atoms with E-state index in [0.29, 0.717) is 22.6 Å². The third-order valence-electron chi connectivity index (χ3n) is 6.90. The van der Waals surface area contributed by atoms with Crippen LogP contribution in [0, 0.1) is 40.9 Å². The Hall–Kier alpha value is -4.78. The minimum atomic E-state index is -4.50. The van der Waals surface area contributed by atoms with E-state index < -0.39 is 30.1 Å². The van der Waals surface area contributed by atoms with Gasteiger partial charge in [0.1, 0.15) is 17.8 Å². The number of aromatic nitrogens is 5. The SMILES string of the molecule is Cc1nc(F)ccc1[C@H](Nc1cc(C#N)c2ncc(C#N)c(NCC(C)(C)C(F)(F)F)c2c1)c1cn(C(C)(C)C)nn1. The zero-order chi connectivity index (χ0) is 31.0. The lowest BCUT2D eigenvalue weighted by atomic mass is 9.92. The summed E-state index contributed by atoms with van der Waals surface area (Å²) in [5, 5.41) is 34.7. The third-order valence-corrected chi connectivity index (χ3v) is 6.90. The van der Waals surface area contributed by atoms with Gasteiger partial charge in [0, 0.05) is 35.1 Å². The third kappa shape index (κ3) is 5.96. The number of nitrogens with one attached hydrogen (secondary N) is 2. The maximum Gasteiger partial charge on any atom is 0.395 e. The quantitative estimate of drug-likeness (QED) is 0.191. The van der Waals surface area contributed by atoms with Crippen LogP contribution in [0.5, 0.6) is 0 Å². The van der Waals surface area contributed by atoms with E-state index in [-0.39, 0.29) is 33.3 Å². The maximum absolute atomic E-state index is 13.9. The van der Waals surface area contributed by atoms with Gasteiger partial charge in [-0.2, -0.15) is 28.1 Å². The summed E-state index contributed by atoms with van der Waals surface area (Å²) in [6.45, 7) is 9.09. The summed E-state index contributed by atoms with van der Waals surface area (Å²) in [6.07, 6.45) is -1.53. The molecule has 0 fully saturated rings. The highest BCUT2D eigenvalue weighted by Gasteiger charge is 2.47. The van der Waals surface area contributed by atoms with Crippen LogP contribution in [0.4, 0.5) is 28.9 Å². The molecule has 0 amide bonds. The van der Waals surface area contributed by atoms with Crippen LogP contribution in [0.3, 0.4) is 0 Å². The largest absolute Gasteiger partial charge is 0.395 e. The van der Waals surface area contributed by atoms with Crippen LogP contribution in [0.2, 0.25) is 0 Å². The monoisotopic (exact) mass is 579 g/mol. The molecule has 0 aliphatic carbocycles. The number of hydrogen-bond acceptors (Lipinski definition) is 8. The van der Waals surface area contributed by atoms with Crippen molar-refractivity contribution in [3.05, 3.63) is 70.7 Å². The summed E-state index contributed by atoms with van der Waals surface area (Å²) in [6, 6.07) is 9.27. The van der Waals surface area contributed by atoms with Gasteiger partial charge in [-0.1, -0.05) is 11.3 Å². The molecule has 9 nitrogen and oxygen atoms in total. The fourth-order valence-corrected chi connectivity index (χ4v) is 4.22. The van der Waals surface area contributed by atoms with Gasteiger partial charge in [-0.05, 0) is 59.7 Å². The minimum absolute atomic E-state index is 0.0183. The highest BCUT2D eigenvalue weighted by atomic mass is 19.4. The Morgan fingerprint density at radius 2 is 1.71 bits per heavy atom. The lowest BCUT2D eigenvalue weighted by Crippen LogP contribution is -2.38. The van der Waals surface area contributed by atoms with E-state index in [2.05, 4.69) is 37.0 Å². The second kappa shape index (κ2) is 10.9. The zero-order valence-electron chi connectivity index (χ0n) is 23.9. The number of fused-ring (bicyclic) bond motifs is 1. The van der Waals surface area contributed by atoms with Gasteiger partial charge < -0.3 is 10.6 Å². The fourth-order valence-electron chi connectivity index (χ4n) is 4.22. The fraction of sp³-hybridized carbons (Fsp3) is 0.379. The van der Waals surface area contributed by atoms with Gasteiger partial charge in [-0.25, -0.2) is 9.67 Å². The van der Waals surface area contributed by atoms with Crippen molar-refractivity contribution in [3.8, 4) is 12.1 Å². The molecule has 0 aliphatic rings. The van der Waals surface area contributed by atoms with Crippen molar-refractivity contribution >= 4 is 22.3 Å². The Morgan fingerprint density at radius 1 is 1.02 bits per heavy atom.